The number of thiophene rings is 1. The predicted molar refractivity (Wildman–Crippen MR) is 113 cm³/mol. The van der Waals surface area contributed by atoms with E-state index in [0.29, 0.717) is 11.3 Å². The van der Waals surface area contributed by atoms with Gasteiger partial charge in [0.2, 0.25) is 0 Å². The summed E-state index contributed by atoms with van der Waals surface area (Å²) in [4.78, 5) is 24.2. The van der Waals surface area contributed by atoms with Crippen molar-refractivity contribution in [2.24, 2.45) is 0 Å². The zero-order valence-electron chi connectivity index (χ0n) is 15.7. The van der Waals surface area contributed by atoms with Gasteiger partial charge in [-0.2, -0.15) is 5.26 Å². The highest BCUT2D eigenvalue weighted by atomic mass is 32.2. The van der Waals surface area contributed by atoms with Crippen molar-refractivity contribution in [3.8, 4) is 11.8 Å². The molecule has 0 saturated heterocycles. The molecule has 11 heteroatoms. The van der Waals surface area contributed by atoms with E-state index >= 15 is 0 Å². The number of sulfonamides is 1. The number of rotatable bonds is 7. The van der Waals surface area contributed by atoms with Crippen LogP contribution in [0.2, 0.25) is 0 Å². The smallest absolute Gasteiger partial charge is 0.342 e. The quantitative estimate of drug-likeness (QED) is 0.365. The number of esters is 1. The predicted octanol–water partition coefficient (Wildman–Crippen LogP) is 2.92. The number of anilines is 2. The Morgan fingerprint density at radius 2 is 1.81 bits per heavy atom. The molecule has 0 radical (unpaired) electrons. The van der Waals surface area contributed by atoms with Gasteiger partial charge in [0.05, 0.1) is 11.6 Å². The van der Waals surface area contributed by atoms with Gasteiger partial charge in [-0.25, -0.2) is 13.2 Å². The van der Waals surface area contributed by atoms with E-state index < -0.39 is 34.3 Å². The summed E-state index contributed by atoms with van der Waals surface area (Å²) in [6.07, 6.45) is 0. The van der Waals surface area contributed by atoms with E-state index in [4.69, 9.17) is 10.00 Å². The Morgan fingerprint density at radius 1 is 1.10 bits per heavy atom. The standard InChI is InChI=1S/C20H15N3O6S2/c21-11-13-3-5-14(6-4-13)22-18(25)12-29-20(26)16-10-15(7-8-17(16)24)23-31(27,28)19-2-1-9-30-19/h1-10,23-24H,12H2,(H,22,25). The number of nitriles is 1. The number of nitrogens with one attached hydrogen (secondary N) is 2. The summed E-state index contributed by atoms with van der Waals surface area (Å²) in [7, 11) is -3.84. The molecule has 0 spiro atoms. The lowest BCUT2D eigenvalue weighted by molar-refractivity contribution is -0.119. The highest BCUT2D eigenvalue weighted by molar-refractivity contribution is 7.94. The molecule has 0 aliphatic rings. The number of phenolic OH excluding ortho intramolecular Hbond substituents is 1. The summed E-state index contributed by atoms with van der Waals surface area (Å²) in [5.41, 5.74) is 0.570. The van der Waals surface area contributed by atoms with Crippen molar-refractivity contribution >= 4 is 44.6 Å². The normalized spacial score (nSPS) is 10.7. The van der Waals surface area contributed by atoms with E-state index in [0.717, 1.165) is 23.5 Å². The van der Waals surface area contributed by atoms with Gasteiger partial charge in [-0.1, -0.05) is 6.07 Å². The van der Waals surface area contributed by atoms with Crippen LogP contribution in [0.3, 0.4) is 0 Å². The fourth-order valence-corrected chi connectivity index (χ4v) is 4.46. The van der Waals surface area contributed by atoms with Crippen LogP contribution in [-0.4, -0.2) is 32.0 Å². The number of benzene rings is 2. The van der Waals surface area contributed by atoms with Crippen molar-refractivity contribution in [1.29, 1.82) is 5.26 Å². The molecule has 2 aromatic carbocycles. The lowest BCUT2D eigenvalue weighted by Crippen LogP contribution is -2.21. The highest BCUT2D eigenvalue weighted by Crippen LogP contribution is 2.25. The molecule has 1 heterocycles. The summed E-state index contributed by atoms with van der Waals surface area (Å²) >= 11 is 1.02. The third kappa shape index (κ3) is 5.59. The van der Waals surface area contributed by atoms with Gasteiger partial charge < -0.3 is 15.2 Å². The van der Waals surface area contributed by atoms with Gasteiger partial charge in [0.25, 0.3) is 15.9 Å². The fraction of sp³-hybridized carbons (Fsp3) is 0.0500. The molecule has 0 saturated carbocycles. The van der Waals surface area contributed by atoms with Crippen LogP contribution in [0.25, 0.3) is 0 Å². The first-order valence-electron chi connectivity index (χ1n) is 8.65. The molecule has 31 heavy (non-hydrogen) atoms. The number of nitrogens with zero attached hydrogens (tertiary/aromatic N) is 1. The highest BCUT2D eigenvalue weighted by Gasteiger charge is 2.19. The van der Waals surface area contributed by atoms with Crippen LogP contribution in [0.1, 0.15) is 15.9 Å². The number of amides is 1. The van der Waals surface area contributed by atoms with E-state index in [-0.39, 0.29) is 15.5 Å². The van der Waals surface area contributed by atoms with E-state index in [1.54, 1.807) is 11.4 Å². The molecule has 3 N–H and O–H groups in total. The molecular formula is C20H15N3O6S2. The summed E-state index contributed by atoms with van der Waals surface area (Å²) < 4.78 is 31.9. The number of carbonyl (C=O) groups excluding carboxylic acids is 2. The Kier molecular flexibility index (Phi) is 6.54. The molecule has 3 rings (SSSR count). The Labute approximate surface area is 181 Å². The Morgan fingerprint density at radius 3 is 2.45 bits per heavy atom. The topological polar surface area (TPSA) is 146 Å². The Bertz CT molecular complexity index is 1250. The van der Waals surface area contributed by atoms with Crippen LogP contribution in [0.4, 0.5) is 11.4 Å². The molecule has 0 atom stereocenters. The summed E-state index contributed by atoms with van der Waals surface area (Å²) in [5, 5.41) is 22.8. The average Bonchev–Trinajstić information content (AvgIpc) is 3.30. The second-order valence-electron chi connectivity index (χ2n) is 6.08. The fourth-order valence-electron chi connectivity index (χ4n) is 2.42. The minimum Gasteiger partial charge on any atom is -0.507 e. The van der Waals surface area contributed by atoms with Crippen molar-refractivity contribution in [2.45, 2.75) is 4.21 Å². The van der Waals surface area contributed by atoms with E-state index in [9.17, 15) is 23.1 Å². The summed E-state index contributed by atoms with van der Waals surface area (Å²) in [5.74, 6) is -2.08. The minimum absolute atomic E-state index is 0.0418. The third-order valence-electron chi connectivity index (χ3n) is 3.86. The van der Waals surface area contributed by atoms with Gasteiger partial charge in [0.1, 0.15) is 15.5 Å². The van der Waals surface area contributed by atoms with Gasteiger partial charge in [-0.05, 0) is 53.9 Å². The molecule has 158 valence electrons. The Hall–Kier alpha value is -3.88. The van der Waals surface area contributed by atoms with E-state index in [1.165, 1.54) is 36.4 Å². The zero-order valence-corrected chi connectivity index (χ0v) is 17.4. The van der Waals surface area contributed by atoms with Crippen molar-refractivity contribution < 1.29 is 27.9 Å². The first-order valence-corrected chi connectivity index (χ1v) is 11.0. The van der Waals surface area contributed by atoms with Crippen LogP contribution in [0, 0.1) is 11.3 Å². The maximum atomic E-state index is 12.3. The van der Waals surface area contributed by atoms with Crippen LogP contribution in [0.5, 0.6) is 5.75 Å². The second kappa shape index (κ2) is 9.29. The maximum absolute atomic E-state index is 12.3. The number of hydrogen-bond acceptors (Lipinski definition) is 8. The van der Waals surface area contributed by atoms with Gasteiger partial charge in [0, 0.05) is 11.4 Å². The average molecular weight is 457 g/mol. The van der Waals surface area contributed by atoms with Crippen LogP contribution >= 0.6 is 11.3 Å². The third-order valence-corrected chi connectivity index (χ3v) is 6.64. The molecule has 3 aromatic rings. The van der Waals surface area contributed by atoms with Crippen LogP contribution < -0.4 is 10.0 Å². The second-order valence-corrected chi connectivity index (χ2v) is 8.94. The van der Waals surface area contributed by atoms with Crippen molar-refractivity contribution in [3.05, 3.63) is 71.1 Å². The van der Waals surface area contributed by atoms with Crippen LogP contribution in [-0.2, 0) is 19.6 Å². The first kappa shape index (κ1) is 21.8. The monoisotopic (exact) mass is 457 g/mol. The molecular weight excluding hydrogens is 442 g/mol. The lowest BCUT2D eigenvalue weighted by Gasteiger charge is -2.10. The SMILES string of the molecule is N#Cc1ccc(NC(=O)COC(=O)c2cc(NS(=O)(=O)c3cccs3)ccc2O)cc1. The number of hydrogen-bond donors (Lipinski definition) is 3. The summed E-state index contributed by atoms with van der Waals surface area (Å²) in [6.45, 7) is -0.635. The largest absolute Gasteiger partial charge is 0.507 e. The number of carbonyl (C=O) groups is 2. The van der Waals surface area contributed by atoms with Gasteiger partial charge in [0.15, 0.2) is 6.61 Å². The van der Waals surface area contributed by atoms with Crippen molar-refractivity contribution in [2.75, 3.05) is 16.6 Å². The molecule has 0 aliphatic carbocycles. The molecule has 0 bridgehead atoms. The number of phenols is 1. The molecule has 1 amide bonds. The maximum Gasteiger partial charge on any atom is 0.342 e. The summed E-state index contributed by atoms with van der Waals surface area (Å²) in [6, 6.07) is 14.6. The van der Waals surface area contributed by atoms with Crippen molar-refractivity contribution in [1.82, 2.24) is 0 Å². The Balaban J connectivity index is 1.63. The van der Waals surface area contributed by atoms with Gasteiger partial charge in [-0.15, -0.1) is 11.3 Å². The van der Waals surface area contributed by atoms with E-state index in [1.807, 2.05) is 6.07 Å². The molecule has 0 fully saturated rings. The molecule has 0 aliphatic heterocycles. The van der Waals surface area contributed by atoms with Gasteiger partial charge in [-0.3, -0.25) is 9.52 Å². The molecule has 9 nitrogen and oxygen atoms in total. The molecule has 0 unspecified atom stereocenters. The van der Waals surface area contributed by atoms with Gasteiger partial charge >= 0.3 is 5.97 Å². The number of ether oxygens (including phenoxy) is 1. The molecule has 1 aromatic heterocycles. The first-order chi connectivity index (χ1) is 14.8. The van der Waals surface area contributed by atoms with Crippen LogP contribution in [0.15, 0.2) is 64.2 Å². The minimum atomic E-state index is -3.84. The lowest BCUT2D eigenvalue weighted by atomic mass is 10.2. The van der Waals surface area contributed by atoms with E-state index in [2.05, 4.69) is 10.0 Å². The zero-order chi connectivity index (χ0) is 22.4. The number of aromatic hydroxyl groups is 1. The van der Waals surface area contributed by atoms with Crippen molar-refractivity contribution in [3.63, 3.8) is 0 Å².